The number of para-hydroxylation sites is 1. The second-order valence-electron chi connectivity index (χ2n) is 3.73. The maximum atomic E-state index is 11.6. The lowest BCUT2D eigenvalue weighted by atomic mass is 10.2. The predicted molar refractivity (Wildman–Crippen MR) is 84.8 cm³/mol. The van der Waals surface area contributed by atoms with Crippen LogP contribution in [0.1, 0.15) is 15.2 Å². The summed E-state index contributed by atoms with van der Waals surface area (Å²) in [5.74, 6) is -0.336. The predicted octanol–water partition coefficient (Wildman–Crippen LogP) is 4.67. The average molecular weight is 405 g/mol. The van der Waals surface area contributed by atoms with Gasteiger partial charge in [-0.3, -0.25) is 0 Å². The molecule has 0 atom stereocenters. The Balaban J connectivity index is 2.13. The van der Waals surface area contributed by atoms with Crippen LogP contribution in [0.15, 0.2) is 38.6 Å². The lowest BCUT2D eigenvalue weighted by Gasteiger charge is -2.09. The van der Waals surface area contributed by atoms with E-state index in [1.807, 2.05) is 24.3 Å². The molecule has 0 saturated carbocycles. The van der Waals surface area contributed by atoms with Crippen molar-refractivity contribution in [3.63, 3.8) is 0 Å². The van der Waals surface area contributed by atoms with E-state index in [-0.39, 0.29) is 5.97 Å². The molecule has 0 spiro atoms. The Morgan fingerprint density at radius 1 is 1.37 bits per heavy atom. The Morgan fingerprint density at radius 2 is 2.11 bits per heavy atom. The first kappa shape index (κ1) is 14.6. The second kappa shape index (κ2) is 6.54. The first-order valence-electron chi connectivity index (χ1n) is 5.46. The number of hydrogen-bond donors (Lipinski definition) is 1. The van der Waals surface area contributed by atoms with Crippen molar-refractivity contribution < 1.29 is 9.53 Å². The van der Waals surface area contributed by atoms with Crippen molar-refractivity contribution in [1.29, 1.82) is 0 Å². The van der Waals surface area contributed by atoms with Crippen LogP contribution in [0.25, 0.3) is 0 Å². The van der Waals surface area contributed by atoms with Crippen LogP contribution < -0.4 is 5.32 Å². The number of methoxy groups -OCH3 is 1. The van der Waals surface area contributed by atoms with Crippen molar-refractivity contribution in [2.75, 3.05) is 12.4 Å². The van der Waals surface area contributed by atoms with Crippen molar-refractivity contribution in [2.24, 2.45) is 0 Å². The monoisotopic (exact) mass is 403 g/mol. The average Bonchev–Trinajstić information content (AvgIpc) is 2.75. The van der Waals surface area contributed by atoms with Gasteiger partial charge in [0.2, 0.25) is 0 Å². The third-order valence-electron chi connectivity index (χ3n) is 2.48. The standard InChI is InChI=1S/C13H11Br2NO2S/c1-18-13(17)9-4-2-3-5-11(9)16-7-8-6-10(14)12(15)19-8/h2-6,16H,7H2,1H3. The van der Waals surface area contributed by atoms with Crippen LogP contribution in [-0.4, -0.2) is 13.1 Å². The Bertz CT molecular complexity index is 579. The minimum atomic E-state index is -0.336. The summed E-state index contributed by atoms with van der Waals surface area (Å²) in [6.07, 6.45) is 0. The van der Waals surface area contributed by atoms with Crippen LogP contribution in [0.4, 0.5) is 5.69 Å². The molecule has 0 bridgehead atoms. The van der Waals surface area contributed by atoms with E-state index in [4.69, 9.17) is 4.74 Å². The van der Waals surface area contributed by atoms with Gasteiger partial charge in [0.1, 0.15) is 0 Å². The lowest BCUT2D eigenvalue weighted by Crippen LogP contribution is -2.07. The Kier molecular flexibility index (Phi) is 5.01. The number of thiophene rings is 1. The molecule has 0 radical (unpaired) electrons. The largest absolute Gasteiger partial charge is 0.465 e. The highest BCUT2D eigenvalue weighted by Gasteiger charge is 2.11. The molecule has 1 aromatic heterocycles. The van der Waals surface area contributed by atoms with Crippen molar-refractivity contribution >= 4 is 54.9 Å². The van der Waals surface area contributed by atoms with Gasteiger partial charge in [-0.2, -0.15) is 0 Å². The van der Waals surface area contributed by atoms with Crippen molar-refractivity contribution in [3.05, 3.63) is 49.0 Å². The van der Waals surface area contributed by atoms with Crippen LogP contribution in [-0.2, 0) is 11.3 Å². The maximum absolute atomic E-state index is 11.6. The third kappa shape index (κ3) is 3.58. The number of nitrogens with one attached hydrogen (secondary N) is 1. The quantitative estimate of drug-likeness (QED) is 0.752. The van der Waals surface area contributed by atoms with Crippen LogP contribution in [0.2, 0.25) is 0 Å². The number of carbonyl (C=O) groups excluding carboxylic acids is 1. The summed E-state index contributed by atoms with van der Waals surface area (Å²) >= 11 is 8.56. The van der Waals surface area contributed by atoms with Crippen molar-refractivity contribution in [3.8, 4) is 0 Å². The summed E-state index contributed by atoms with van der Waals surface area (Å²) in [5.41, 5.74) is 1.31. The van der Waals surface area contributed by atoms with Crippen LogP contribution in [0, 0.1) is 0 Å². The van der Waals surface area contributed by atoms with Gasteiger partial charge in [0.05, 0.1) is 16.5 Å². The highest BCUT2D eigenvalue weighted by Crippen LogP contribution is 2.32. The molecule has 2 aromatic rings. The van der Waals surface area contributed by atoms with Gasteiger partial charge in [0.15, 0.2) is 0 Å². The molecule has 2 rings (SSSR count). The van der Waals surface area contributed by atoms with Gasteiger partial charge in [-0.1, -0.05) is 12.1 Å². The molecule has 19 heavy (non-hydrogen) atoms. The van der Waals surface area contributed by atoms with E-state index >= 15 is 0 Å². The van der Waals surface area contributed by atoms with E-state index < -0.39 is 0 Å². The fourth-order valence-corrected chi connectivity index (χ4v) is 3.70. The fraction of sp³-hybridized carbons (Fsp3) is 0.154. The van der Waals surface area contributed by atoms with Gasteiger partial charge in [-0.25, -0.2) is 4.79 Å². The van der Waals surface area contributed by atoms with Crippen molar-refractivity contribution in [1.82, 2.24) is 0 Å². The fourth-order valence-electron chi connectivity index (χ4n) is 1.59. The topological polar surface area (TPSA) is 38.3 Å². The molecule has 0 aliphatic rings. The zero-order chi connectivity index (χ0) is 13.8. The Labute approximate surface area is 132 Å². The molecular weight excluding hydrogens is 394 g/mol. The van der Waals surface area contributed by atoms with E-state index in [0.29, 0.717) is 12.1 Å². The van der Waals surface area contributed by atoms with Gasteiger partial charge in [-0.15, -0.1) is 11.3 Å². The van der Waals surface area contributed by atoms with Gasteiger partial charge < -0.3 is 10.1 Å². The molecule has 6 heteroatoms. The number of benzene rings is 1. The summed E-state index contributed by atoms with van der Waals surface area (Å²) in [6.45, 7) is 0.656. The maximum Gasteiger partial charge on any atom is 0.339 e. The summed E-state index contributed by atoms with van der Waals surface area (Å²) in [6, 6.07) is 9.35. The van der Waals surface area contributed by atoms with E-state index in [2.05, 4.69) is 37.2 Å². The minimum Gasteiger partial charge on any atom is -0.465 e. The SMILES string of the molecule is COC(=O)c1ccccc1NCc1cc(Br)c(Br)s1. The number of halogens is 2. The molecule has 1 N–H and O–H groups in total. The highest BCUT2D eigenvalue weighted by atomic mass is 79.9. The zero-order valence-corrected chi connectivity index (χ0v) is 14.1. The summed E-state index contributed by atoms with van der Waals surface area (Å²) in [5, 5.41) is 3.25. The van der Waals surface area contributed by atoms with E-state index in [9.17, 15) is 4.79 Å². The van der Waals surface area contributed by atoms with Crippen LogP contribution in [0.5, 0.6) is 0 Å². The number of anilines is 1. The first-order chi connectivity index (χ1) is 9.11. The number of rotatable bonds is 4. The smallest absolute Gasteiger partial charge is 0.339 e. The highest BCUT2D eigenvalue weighted by molar-refractivity contribution is 9.13. The van der Waals surface area contributed by atoms with Gasteiger partial charge in [-0.05, 0) is 50.1 Å². The molecular formula is C13H11Br2NO2S. The first-order valence-corrected chi connectivity index (χ1v) is 7.87. The zero-order valence-electron chi connectivity index (χ0n) is 10.1. The van der Waals surface area contributed by atoms with Gasteiger partial charge in [0.25, 0.3) is 0 Å². The van der Waals surface area contributed by atoms with E-state index in [1.54, 1.807) is 17.4 Å². The summed E-state index contributed by atoms with van der Waals surface area (Å²) in [7, 11) is 1.38. The molecule has 1 heterocycles. The number of carbonyl (C=O) groups is 1. The Hall–Kier alpha value is -0.850. The minimum absolute atomic E-state index is 0.336. The van der Waals surface area contributed by atoms with Gasteiger partial charge in [0, 0.05) is 21.6 Å². The Morgan fingerprint density at radius 3 is 2.74 bits per heavy atom. The third-order valence-corrected chi connectivity index (χ3v) is 5.74. The normalized spacial score (nSPS) is 10.3. The molecule has 1 aromatic carbocycles. The molecule has 3 nitrogen and oxygen atoms in total. The molecule has 0 amide bonds. The molecule has 0 aliphatic carbocycles. The molecule has 0 aliphatic heterocycles. The summed E-state index contributed by atoms with van der Waals surface area (Å²) < 4.78 is 6.86. The van der Waals surface area contributed by atoms with Gasteiger partial charge >= 0.3 is 5.97 Å². The van der Waals surface area contributed by atoms with Crippen LogP contribution in [0.3, 0.4) is 0 Å². The number of esters is 1. The molecule has 0 unspecified atom stereocenters. The summed E-state index contributed by atoms with van der Waals surface area (Å²) in [4.78, 5) is 12.8. The lowest BCUT2D eigenvalue weighted by molar-refractivity contribution is 0.0602. The number of hydrogen-bond acceptors (Lipinski definition) is 4. The van der Waals surface area contributed by atoms with Crippen molar-refractivity contribution in [2.45, 2.75) is 6.54 Å². The second-order valence-corrected chi connectivity index (χ2v) is 7.03. The molecule has 0 saturated heterocycles. The van der Waals surface area contributed by atoms with E-state index in [0.717, 1.165) is 13.9 Å². The molecule has 100 valence electrons. The molecule has 0 fully saturated rings. The number of ether oxygens (including phenoxy) is 1. The van der Waals surface area contributed by atoms with E-state index in [1.165, 1.54) is 12.0 Å². The van der Waals surface area contributed by atoms with Crippen LogP contribution >= 0.6 is 43.2 Å².